The van der Waals surface area contributed by atoms with Gasteiger partial charge in [0.15, 0.2) is 5.69 Å². The number of carbonyl (C=O) groups is 1. The van der Waals surface area contributed by atoms with Crippen molar-refractivity contribution in [3.63, 3.8) is 0 Å². The molecule has 0 radical (unpaired) electrons. The summed E-state index contributed by atoms with van der Waals surface area (Å²) in [6.45, 7) is -0.117. The van der Waals surface area contributed by atoms with Crippen molar-refractivity contribution in [3.8, 4) is 11.6 Å². The van der Waals surface area contributed by atoms with E-state index in [9.17, 15) is 9.90 Å². The van der Waals surface area contributed by atoms with Gasteiger partial charge >= 0.3 is 5.97 Å². The highest BCUT2D eigenvalue weighted by atomic mass is 16.5. The molecule has 0 aliphatic rings. The molecule has 21 heavy (non-hydrogen) atoms. The number of imidazole rings is 1. The zero-order chi connectivity index (χ0) is 14.8. The quantitative estimate of drug-likeness (QED) is 0.768. The minimum atomic E-state index is -1.12. The molecular weight excluding hydrogens is 272 g/mol. The van der Waals surface area contributed by atoms with Crippen molar-refractivity contribution in [3.05, 3.63) is 59.9 Å². The van der Waals surface area contributed by atoms with E-state index in [0.717, 1.165) is 0 Å². The maximum Gasteiger partial charge on any atom is 0.358 e. The second kappa shape index (κ2) is 5.26. The van der Waals surface area contributed by atoms with Crippen molar-refractivity contribution >= 4 is 11.6 Å². The summed E-state index contributed by atoms with van der Waals surface area (Å²) >= 11 is 0. The van der Waals surface area contributed by atoms with E-state index in [2.05, 4.69) is 4.98 Å². The van der Waals surface area contributed by atoms with Crippen LogP contribution in [0.1, 0.15) is 16.1 Å². The monoisotopic (exact) mass is 284 g/mol. The highest BCUT2D eigenvalue weighted by Crippen LogP contribution is 2.26. The van der Waals surface area contributed by atoms with Gasteiger partial charge in [-0.1, -0.05) is 18.2 Å². The SMILES string of the molecule is O=C(O)c1c(Oc2cccc(CO)c2)nc2ccccn12. The number of pyridine rings is 1. The summed E-state index contributed by atoms with van der Waals surface area (Å²) in [6.07, 6.45) is 1.61. The second-order valence-electron chi connectivity index (χ2n) is 4.41. The highest BCUT2D eigenvalue weighted by Gasteiger charge is 2.20. The van der Waals surface area contributed by atoms with E-state index in [1.807, 2.05) is 0 Å². The number of fused-ring (bicyclic) bond motifs is 1. The molecule has 0 fully saturated rings. The molecule has 1 aromatic carbocycles. The molecule has 106 valence electrons. The molecule has 2 N–H and O–H groups in total. The predicted octanol–water partition coefficient (Wildman–Crippen LogP) is 2.32. The van der Waals surface area contributed by atoms with Crippen LogP contribution in [-0.4, -0.2) is 25.6 Å². The third-order valence-electron chi connectivity index (χ3n) is 3.00. The van der Waals surface area contributed by atoms with Crippen LogP contribution in [0.2, 0.25) is 0 Å². The lowest BCUT2D eigenvalue weighted by Crippen LogP contribution is -2.03. The van der Waals surface area contributed by atoms with Crippen LogP contribution in [0.15, 0.2) is 48.7 Å². The van der Waals surface area contributed by atoms with Crippen molar-refractivity contribution in [2.75, 3.05) is 0 Å². The molecular formula is C15H12N2O4. The first kappa shape index (κ1) is 13.1. The number of carboxylic acid groups (broad SMARTS) is 1. The molecule has 0 unspecified atom stereocenters. The lowest BCUT2D eigenvalue weighted by atomic mass is 10.2. The third kappa shape index (κ3) is 2.44. The summed E-state index contributed by atoms with van der Waals surface area (Å²) in [4.78, 5) is 15.6. The molecule has 3 aromatic rings. The fraction of sp³-hybridized carbons (Fsp3) is 0.0667. The summed E-state index contributed by atoms with van der Waals surface area (Å²) in [6, 6.07) is 12.0. The van der Waals surface area contributed by atoms with Crippen molar-refractivity contribution in [1.29, 1.82) is 0 Å². The summed E-state index contributed by atoms with van der Waals surface area (Å²) in [5.74, 6) is -0.682. The van der Waals surface area contributed by atoms with E-state index in [0.29, 0.717) is 17.0 Å². The van der Waals surface area contributed by atoms with Crippen LogP contribution in [-0.2, 0) is 6.61 Å². The molecule has 0 atom stereocenters. The van der Waals surface area contributed by atoms with Gasteiger partial charge in [-0.2, -0.15) is 4.98 Å². The van der Waals surface area contributed by atoms with Crippen LogP contribution in [0, 0.1) is 0 Å². The van der Waals surface area contributed by atoms with E-state index in [-0.39, 0.29) is 18.2 Å². The molecule has 0 spiro atoms. The molecule has 6 nitrogen and oxygen atoms in total. The molecule has 0 saturated heterocycles. The number of aromatic carboxylic acids is 1. The number of benzene rings is 1. The number of carboxylic acids is 1. The molecule has 0 amide bonds. The van der Waals surface area contributed by atoms with Gasteiger partial charge in [-0.3, -0.25) is 4.40 Å². The topological polar surface area (TPSA) is 84.1 Å². The predicted molar refractivity (Wildman–Crippen MR) is 74.6 cm³/mol. The Morgan fingerprint density at radius 1 is 1.24 bits per heavy atom. The zero-order valence-electron chi connectivity index (χ0n) is 10.9. The van der Waals surface area contributed by atoms with Crippen LogP contribution >= 0.6 is 0 Å². The van der Waals surface area contributed by atoms with Crippen molar-refractivity contribution in [2.45, 2.75) is 6.61 Å². The Morgan fingerprint density at radius 3 is 2.86 bits per heavy atom. The van der Waals surface area contributed by atoms with E-state index in [1.54, 1.807) is 48.7 Å². The van der Waals surface area contributed by atoms with Gasteiger partial charge in [0.05, 0.1) is 6.61 Å². The van der Waals surface area contributed by atoms with Gasteiger partial charge in [0.25, 0.3) is 5.88 Å². The fourth-order valence-electron chi connectivity index (χ4n) is 2.06. The summed E-state index contributed by atoms with van der Waals surface area (Å²) in [7, 11) is 0. The molecule has 0 bridgehead atoms. The highest BCUT2D eigenvalue weighted by molar-refractivity contribution is 5.89. The summed E-state index contributed by atoms with van der Waals surface area (Å²) in [5.41, 5.74) is 1.12. The smallest absolute Gasteiger partial charge is 0.358 e. The van der Waals surface area contributed by atoms with Crippen molar-refractivity contribution < 1.29 is 19.7 Å². The molecule has 0 aliphatic heterocycles. The number of aromatic nitrogens is 2. The fourth-order valence-corrected chi connectivity index (χ4v) is 2.06. The average Bonchev–Trinajstić information content (AvgIpc) is 2.85. The van der Waals surface area contributed by atoms with Gasteiger partial charge in [0, 0.05) is 6.20 Å². The number of ether oxygens (including phenoxy) is 1. The Bertz CT molecular complexity index is 810. The average molecular weight is 284 g/mol. The van der Waals surface area contributed by atoms with Crippen LogP contribution < -0.4 is 4.74 Å². The maximum absolute atomic E-state index is 11.4. The van der Waals surface area contributed by atoms with Gasteiger partial charge in [-0.05, 0) is 29.8 Å². The van der Waals surface area contributed by atoms with Crippen molar-refractivity contribution in [2.24, 2.45) is 0 Å². The number of nitrogens with zero attached hydrogens (tertiary/aromatic N) is 2. The second-order valence-corrected chi connectivity index (χ2v) is 4.41. The van der Waals surface area contributed by atoms with E-state index >= 15 is 0 Å². The Hall–Kier alpha value is -2.86. The maximum atomic E-state index is 11.4. The Kier molecular flexibility index (Phi) is 3.29. The normalized spacial score (nSPS) is 10.7. The number of rotatable bonds is 4. The zero-order valence-corrected chi connectivity index (χ0v) is 10.9. The number of aliphatic hydroxyl groups excluding tert-OH is 1. The van der Waals surface area contributed by atoms with Gasteiger partial charge in [0.1, 0.15) is 11.4 Å². The van der Waals surface area contributed by atoms with E-state index in [4.69, 9.17) is 9.84 Å². The van der Waals surface area contributed by atoms with Crippen LogP contribution in [0.25, 0.3) is 5.65 Å². The standard InChI is InChI=1S/C15H12N2O4/c18-9-10-4-3-5-11(8-10)21-14-13(15(19)20)17-7-2-1-6-12(17)16-14/h1-8,18H,9H2,(H,19,20). The number of aliphatic hydroxyl groups is 1. The van der Waals surface area contributed by atoms with Crippen LogP contribution in [0.5, 0.6) is 11.6 Å². The van der Waals surface area contributed by atoms with E-state index < -0.39 is 5.97 Å². The largest absolute Gasteiger partial charge is 0.476 e. The number of hydrogen-bond acceptors (Lipinski definition) is 4. The molecule has 2 heterocycles. The Balaban J connectivity index is 2.07. The summed E-state index contributed by atoms with van der Waals surface area (Å²) in [5, 5.41) is 18.5. The van der Waals surface area contributed by atoms with Gasteiger partial charge in [-0.25, -0.2) is 4.79 Å². The molecule has 3 rings (SSSR count). The molecule has 6 heteroatoms. The Labute approximate surface area is 119 Å². The van der Waals surface area contributed by atoms with Gasteiger partial charge < -0.3 is 14.9 Å². The summed E-state index contributed by atoms with van der Waals surface area (Å²) < 4.78 is 7.03. The first-order chi connectivity index (χ1) is 10.2. The third-order valence-corrected chi connectivity index (χ3v) is 3.00. The van der Waals surface area contributed by atoms with Crippen LogP contribution in [0.4, 0.5) is 0 Å². The Morgan fingerprint density at radius 2 is 2.10 bits per heavy atom. The van der Waals surface area contributed by atoms with E-state index in [1.165, 1.54) is 4.40 Å². The number of hydrogen-bond donors (Lipinski definition) is 2. The molecule has 0 saturated carbocycles. The minimum absolute atomic E-state index is 0.0174. The lowest BCUT2D eigenvalue weighted by Gasteiger charge is -2.05. The van der Waals surface area contributed by atoms with Crippen LogP contribution in [0.3, 0.4) is 0 Å². The molecule has 0 aliphatic carbocycles. The lowest BCUT2D eigenvalue weighted by molar-refractivity contribution is 0.0686. The van der Waals surface area contributed by atoms with Crippen molar-refractivity contribution in [1.82, 2.24) is 9.38 Å². The first-order valence-corrected chi connectivity index (χ1v) is 6.27. The first-order valence-electron chi connectivity index (χ1n) is 6.27. The minimum Gasteiger partial charge on any atom is -0.476 e. The van der Waals surface area contributed by atoms with Gasteiger partial charge in [-0.15, -0.1) is 0 Å². The van der Waals surface area contributed by atoms with Gasteiger partial charge in [0.2, 0.25) is 0 Å². The molecule has 2 aromatic heterocycles.